The summed E-state index contributed by atoms with van der Waals surface area (Å²) >= 11 is 0. The lowest BCUT2D eigenvalue weighted by molar-refractivity contribution is -0.142. The minimum absolute atomic E-state index is 0.0256. The second kappa shape index (κ2) is 16.1. The predicted octanol–water partition coefficient (Wildman–Crippen LogP) is 3.65. The SMILES string of the molecule is CCS(=O)(=O)c1ccc([C@H](COCC(=O)O)NCc2ccc(N3C[C@@H](Oc4ccc(-n5cccn5)cn4)C[C@H]3COC(F)F)nc2)cc1. The molecule has 1 fully saturated rings. The summed E-state index contributed by atoms with van der Waals surface area (Å²) in [7, 11) is -3.38. The monoisotopic (exact) mass is 686 g/mol. The summed E-state index contributed by atoms with van der Waals surface area (Å²) in [4.78, 5) is 22.0. The molecule has 16 heteroatoms. The van der Waals surface area contributed by atoms with Gasteiger partial charge in [0.1, 0.15) is 18.5 Å². The molecule has 1 aromatic carbocycles. The van der Waals surface area contributed by atoms with Crippen LogP contribution in [0.5, 0.6) is 5.88 Å². The first-order valence-corrected chi connectivity index (χ1v) is 16.9. The zero-order chi connectivity index (χ0) is 34.1. The van der Waals surface area contributed by atoms with Crippen LogP contribution in [0.4, 0.5) is 14.6 Å². The Bertz CT molecular complexity index is 1710. The topological polar surface area (TPSA) is 158 Å². The lowest BCUT2D eigenvalue weighted by Gasteiger charge is -2.25. The minimum atomic E-state index is -3.38. The molecule has 3 atom stereocenters. The molecule has 4 heterocycles. The van der Waals surface area contributed by atoms with Gasteiger partial charge in [-0.25, -0.2) is 27.9 Å². The molecule has 13 nitrogen and oxygen atoms in total. The fraction of sp³-hybridized carbons (Fsp3) is 0.375. The van der Waals surface area contributed by atoms with Crippen molar-refractivity contribution in [1.29, 1.82) is 0 Å². The summed E-state index contributed by atoms with van der Waals surface area (Å²) in [6.07, 6.45) is 6.81. The van der Waals surface area contributed by atoms with E-state index in [0.717, 1.165) is 16.8 Å². The van der Waals surface area contributed by atoms with Crippen molar-refractivity contribution in [2.24, 2.45) is 0 Å². The summed E-state index contributed by atoms with van der Waals surface area (Å²) < 4.78 is 68.2. The van der Waals surface area contributed by atoms with Crippen LogP contribution in [0.1, 0.15) is 30.5 Å². The Balaban J connectivity index is 1.24. The second-order valence-corrected chi connectivity index (χ2v) is 13.3. The van der Waals surface area contributed by atoms with E-state index in [1.165, 1.54) is 12.1 Å². The minimum Gasteiger partial charge on any atom is -0.480 e. The van der Waals surface area contributed by atoms with Crippen LogP contribution in [-0.4, -0.2) is 90.1 Å². The normalized spacial score (nSPS) is 17.1. The number of ether oxygens (including phenoxy) is 3. The smallest absolute Gasteiger partial charge is 0.345 e. The van der Waals surface area contributed by atoms with Gasteiger partial charge in [0, 0.05) is 37.6 Å². The molecule has 2 N–H and O–H groups in total. The van der Waals surface area contributed by atoms with E-state index in [4.69, 9.17) is 14.6 Å². The Hall–Kier alpha value is -4.51. The molecule has 1 aliphatic rings. The molecule has 0 spiro atoms. The molecule has 5 rings (SSSR count). The van der Waals surface area contributed by atoms with E-state index in [2.05, 4.69) is 25.1 Å². The number of pyridine rings is 2. The van der Waals surface area contributed by atoms with Gasteiger partial charge in [-0.1, -0.05) is 25.1 Å². The number of rotatable bonds is 17. The lowest BCUT2D eigenvalue weighted by Crippen LogP contribution is -2.34. The molecule has 3 aromatic heterocycles. The standard InChI is InChI=1S/C32H36F2N6O7S/c1-2-48(43,44)27-8-5-23(6-9-27)28(20-45-21-31(41)42)35-15-22-4-10-29(36-16-22)39-18-26(14-25(39)19-46-32(33)34)47-30-11-7-24(17-37-30)40-13-3-12-38-40/h3-13,16-17,25-26,28,32,35H,2,14-15,18-21H2,1H3,(H,41,42)/t25-,26-,28-/m0/s1. The van der Waals surface area contributed by atoms with Gasteiger partial charge in [0.2, 0.25) is 5.88 Å². The Morgan fingerprint density at radius 3 is 2.54 bits per heavy atom. The Kier molecular flexibility index (Phi) is 11.6. The number of aliphatic carboxylic acids is 1. The number of alkyl halides is 2. The molecule has 256 valence electrons. The van der Waals surface area contributed by atoms with Gasteiger partial charge in [0.25, 0.3) is 0 Å². The first-order chi connectivity index (χ1) is 23.1. The molecule has 1 saturated heterocycles. The van der Waals surface area contributed by atoms with Gasteiger partial charge in [-0.05, 0) is 41.5 Å². The Morgan fingerprint density at radius 2 is 1.92 bits per heavy atom. The van der Waals surface area contributed by atoms with Crippen molar-refractivity contribution in [2.45, 2.75) is 49.6 Å². The van der Waals surface area contributed by atoms with Gasteiger partial charge < -0.3 is 29.5 Å². The number of nitrogens with zero attached hydrogens (tertiary/aromatic N) is 5. The van der Waals surface area contributed by atoms with Crippen LogP contribution in [0, 0.1) is 0 Å². The van der Waals surface area contributed by atoms with Crippen LogP contribution >= 0.6 is 0 Å². The van der Waals surface area contributed by atoms with Crippen LogP contribution < -0.4 is 15.0 Å². The maximum absolute atomic E-state index is 13.0. The maximum atomic E-state index is 13.0. The summed E-state index contributed by atoms with van der Waals surface area (Å²) in [5.74, 6) is -0.181. The molecular weight excluding hydrogens is 650 g/mol. The van der Waals surface area contributed by atoms with Crippen molar-refractivity contribution >= 4 is 21.6 Å². The van der Waals surface area contributed by atoms with Crippen LogP contribution in [-0.2, 0) is 30.7 Å². The Labute approximate surface area is 276 Å². The highest BCUT2D eigenvalue weighted by Gasteiger charge is 2.35. The number of carboxylic acids is 1. The fourth-order valence-corrected chi connectivity index (χ4v) is 6.18. The third-order valence-corrected chi connectivity index (χ3v) is 9.51. The highest BCUT2D eigenvalue weighted by molar-refractivity contribution is 7.91. The lowest BCUT2D eigenvalue weighted by atomic mass is 10.1. The van der Waals surface area contributed by atoms with Gasteiger partial charge in [0.05, 0.1) is 54.4 Å². The van der Waals surface area contributed by atoms with E-state index in [9.17, 15) is 22.0 Å². The van der Waals surface area contributed by atoms with Crippen molar-refractivity contribution in [3.8, 4) is 11.6 Å². The number of carboxylic acid groups (broad SMARTS) is 1. The van der Waals surface area contributed by atoms with E-state index in [-0.39, 0.29) is 30.0 Å². The van der Waals surface area contributed by atoms with Gasteiger partial charge in [-0.2, -0.15) is 13.9 Å². The van der Waals surface area contributed by atoms with Gasteiger partial charge in [0.15, 0.2) is 9.84 Å². The molecule has 0 unspecified atom stereocenters. The summed E-state index contributed by atoms with van der Waals surface area (Å²) in [6, 6.07) is 14.5. The van der Waals surface area contributed by atoms with Crippen molar-refractivity contribution in [3.63, 3.8) is 0 Å². The van der Waals surface area contributed by atoms with E-state index >= 15 is 0 Å². The number of sulfone groups is 1. The largest absolute Gasteiger partial charge is 0.480 e. The zero-order valence-electron chi connectivity index (χ0n) is 26.1. The van der Waals surface area contributed by atoms with Crippen molar-refractivity contribution in [3.05, 3.63) is 90.5 Å². The molecule has 48 heavy (non-hydrogen) atoms. The first-order valence-electron chi connectivity index (χ1n) is 15.2. The van der Waals surface area contributed by atoms with E-state index in [1.807, 2.05) is 17.0 Å². The summed E-state index contributed by atoms with van der Waals surface area (Å²) in [5, 5.41) is 16.5. The molecule has 0 bridgehead atoms. The molecule has 0 amide bonds. The highest BCUT2D eigenvalue weighted by Crippen LogP contribution is 2.28. The number of benzene rings is 1. The van der Waals surface area contributed by atoms with Gasteiger partial charge in [-0.3, -0.25) is 0 Å². The first kappa shape index (κ1) is 34.8. The average Bonchev–Trinajstić information content (AvgIpc) is 3.77. The quantitative estimate of drug-likeness (QED) is 0.166. The zero-order valence-corrected chi connectivity index (χ0v) is 26.9. The van der Waals surface area contributed by atoms with E-state index in [1.54, 1.807) is 66.7 Å². The van der Waals surface area contributed by atoms with Gasteiger partial charge in [-0.15, -0.1) is 0 Å². The van der Waals surface area contributed by atoms with Crippen LogP contribution in [0.15, 0.2) is 84.3 Å². The number of anilines is 1. The number of hydrogen-bond acceptors (Lipinski definition) is 11. The van der Waals surface area contributed by atoms with E-state index in [0.29, 0.717) is 31.2 Å². The molecule has 0 radical (unpaired) electrons. The maximum Gasteiger partial charge on any atom is 0.345 e. The molecule has 1 aliphatic heterocycles. The van der Waals surface area contributed by atoms with Gasteiger partial charge >= 0.3 is 12.6 Å². The molecule has 0 aliphatic carbocycles. The number of halogens is 2. The molecule has 4 aromatic rings. The highest BCUT2D eigenvalue weighted by atomic mass is 32.2. The van der Waals surface area contributed by atoms with Crippen molar-refractivity contribution < 1.29 is 41.3 Å². The summed E-state index contributed by atoms with van der Waals surface area (Å²) in [5.41, 5.74) is 2.28. The third-order valence-electron chi connectivity index (χ3n) is 7.76. The number of hydrogen-bond donors (Lipinski definition) is 2. The van der Waals surface area contributed by atoms with Crippen molar-refractivity contribution in [2.75, 3.05) is 37.0 Å². The average molecular weight is 687 g/mol. The predicted molar refractivity (Wildman–Crippen MR) is 170 cm³/mol. The number of aromatic nitrogens is 4. The van der Waals surface area contributed by atoms with Crippen molar-refractivity contribution in [1.82, 2.24) is 25.1 Å². The number of nitrogens with one attached hydrogen (secondary N) is 1. The van der Waals surface area contributed by atoms with Crippen LogP contribution in [0.3, 0.4) is 0 Å². The van der Waals surface area contributed by atoms with Crippen LogP contribution in [0.25, 0.3) is 5.69 Å². The Morgan fingerprint density at radius 1 is 1.10 bits per heavy atom. The van der Waals surface area contributed by atoms with Crippen LogP contribution in [0.2, 0.25) is 0 Å². The molecule has 0 saturated carbocycles. The number of carbonyl (C=O) groups is 1. The van der Waals surface area contributed by atoms with E-state index < -0.39 is 41.1 Å². The summed E-state index contributed by atoms with van der Waals surface area (Å²) in [6.45, 7) is -1.32. The molecular formula is C32H36F2N6O7S. The third kappa shape index (κ3) is 9.31. The fourth-order valence-electron chi connectivity index (χ4n) is 5.29. The second-order valence-electron chi connectivity index (χ2n) is 11.0.